The number of nitrogens with one attached hydrogen (secondary N) is 1. The maximum absolute atomic E-state index is 12.1. The van der Waals surface area contributed by atoms with Crippen molar-refractivity contribution < 1.29 is 23.6 Å². The summed E-state index contributed by atoms with van der Waals surface area (Å²) in [6, 6.07) is 6.66. The van der Waals surface area contributed by atoms with Crippen molar-refractivity contribution in [2.24, 2.45) is 0 Å². The summed E-state index contributed by atoms with van der Waals surface area (Å²) in [5.41, 5.74) is 1.96. The molecule has 0 aliphatic heterocycles. The summed E-state index contributed by atoms with van der Waals surface area (Å²) in [5.74, 6) is 0.319. The topological polar surface area (TPSA) is 90.7 Å². The first-order valence-electron chi connectivity index (χ1n) is 8.51. The summed E-state index contributed by atoms with van der Waals surface area (Å²) in [7, 11) is 0. The molecule has 1 aromatic heterocycles. The Bertz CT molecular complexity index is 750. The van der Waals surface area contributed by atoms with Crippen LogP contribution in [0.5, 0.6) is 5.75 Å². The van der Waals surface area contributed by atoms with E-state index in [-0.39, 0.29) is 25.2 Å². The Kier molecular flexibility index (Phi) is 6.77. The second-order valence-electron chi connectivity index (χ2n) is 6.07. The Morgan fingerprint density at radius 3 is 2.73 bits per heavy atom. The number of carbonyl (C=O) groups excluding carboxylic acids is 2. The summed E-state index contributed by atoms with van der Waals surface area (Å²) >= 11 is 0. The molecule has 26 heavy (non-hydrogen) atoms. The number of amides is 1. The Labute approximate surface area is 152 Å². The number of aromatic nitrogens is 1. The molecule has 1 N–H and O–H groups in total. The van der Waals surface area contributed by atoms with Gasteiger partial charge in [-0.1, -0.05) is 18.1 Å². The largest absolute Gasteiger partial charge is 0.489 e. The van der Waals surface area contributed by atoms with Gasteiger partial charge in [-0.15, -0.1) is 0 Å². The molecule has 7 heteroatoms. The maximum Gasteiger partial charge on any atom is 0.338 e. The molecule has 1 heterocycles. The Balaban J connectivity index is 1.91. The molecule has 0 fully saturated rings. The SMILES string of the molecule is CCC(C)NC(=O)COC(=O)c1cccc(OCc2c(C)noc2C)c1. The van der Waals surface area contributed by atoms with Crippen molar-refractivity contribution >= 4 is 11.9 Å². The lowest BCUT2D eigenvalue weighted by Crippen LogP contribution is -2.35. The molecule has 2 aromatic rings. The highest BCUT2D eigenvalue weighted by atomic mass is 16.5. The summed E-state index contributed by atoms with van der Waals surface area (Å²) in [4.78, 5) is 23.8. The quantitative estimate of drug-likeness (QED) is 0.728. The monoisotopic (exact) mass is 360 g/mol. The molecular weight excluding hydrogens is 336 g/mol. The first kappa shape index (κ1) is 19.5. The highest BCUT2D eigenvalue weighted by molar-refractivity contribution is 5.91. The molecule has 1 unspecified atom stereocenters. The number of rotatable bonds is 8. The molecule has 1 atom stereocenters. The standard InChI is InChI=1S/C19H24N2O5/c1-5-12(2)20-18(22)11-25-19(23)15-7-6-8-16(9-15)24-10-17-13(3)21-26-14(17)4/h6-9,12H,5,10-11H2,1-4H3,(H,20,22). The van der Waals surface area contributed by atoms with Gasteiger partial charge in [-0.2, -0.15) is 0 Å². The van der Waals surface area contributed by atoms with Crippen LogP contribution in [-0.4, -0.2) is 29.7 Å². The van der Waals surface area contributed by atoms with Crippen LogP contribution in [0.3, 0.4) is 0 Å². The minimum atomic E-state index is -0.577. The van der Waals surface area contributed by atoms with E-state index in [1.165, 1.54) is 0 Å². The number of ether oxygens (including phenoxy) is 2. The Morgan fingerprint density at radius 2 is 2.08 bits per heavy atom. The van der Waals surface area contributed by atoms with Crippen LogP contribution in [0, 0.1) is 13.8 Å². The maximum atomic E-state index is 12.1. The second-order valence-corrected chi connectivity index (χ2v) is 6.07. The predicted octanol–water partition coefficient (Wildman–Crippen LogP) is 2.94. The zero-order valence-corrected chi connectivity index (χ0v) is 15.5. The molecule has 0 spiro atoms. The fourth-order valence-electron chi connectivity index (χ4n) is 2.21. The van der Waals surface area contributed by atoms with Crippen LogP contribution in [0.2, 0.25) is 0 Å². The average Bonchev–Trinajstić information content (AvgIpc) is 2.96. The normalized spacial score (nSPS) is 11.7. The van der Waals surface area contributed by atoms with E-state index in [0.29, 0.717) is 17.1 Å². The number of esters is 1. The van der Waals surface area contributed by atoms with Crippen LogP contribution in [-0.2, 0) is 16.1 Å². The number of nitrogens with zero attached hydrogens (tertiary/aromatic N) is 1. The van der Waals surface area contributed by atoms with Crippen molar-refractivity contribution in [2.45, 2.75) is 46.8 Å². The molecular formula is C19H24N2O5. The third kappa shape index (κ3) is 5.34. The van der Waals surface area contributed by atoms with E-state index < -0.39 is 5.97 Å². The lowest BCUT2D eigenvalue weighted by atomic mass is 10.2. The number of carbonyl (C=O) groups is 2. The molecule has 1 amide bonds. The van der Waals surface area contributed by atoms with E-state index >= 15 is 0 Å². The minimum Gasteiger partial charge on any atom is -0.489 e. The van der Waals surface area contributed by atoms with E-state index in [4.69, 9.17) is 14.0 Å². The number of hydrogen-bond donors (Lipinski definition) is 1. The van der Waals surface area contributed by atoms with Gasteiger partial charge in [0.25, 0.3) is 5.91 Å². The first-order valence-corrected chi connectivity index (χ1v) is 8.51. The Morgan fingerprint density at radius 1 is 1.31 bits per heavy atom. The van der Waals surface area contributed by atoms with E-state index in [0.717, 1.165) is 17.7 Å². The van der Waals surface area contributed by atoms with Crippen molar-refractivity contribution in [1.29, 1.82) is 0 Å². The van der Waals surface area contributed by atoms with Crippen molar-refractivity contribution in [3.63, 3.8) is 0 Å². The van der Waals surface area contributed by atoms with Gasteiger partial charge in [0.2, 0.25) is 0 Å². The van der Waals surface area contributed by atoms with Crippen molar-refractivity contribution in [3.8, 4) is 5.75 Å². The fraction of sp³-hybridized carbons (Fsp3) is 0.421. The molecule has 0 saturated heterocycles. The van der Waals surface area contributed by atoms with Crippen LogP contribution in [0.4, 0.5) is 0 Å². The number of aryl methyl sites for hydroxylation is 2. The highest BCUT2D eigenvalue weighted by Crippen LogP contribution is 2.19. The predicted molar refractivity (Wildman–Crippen MR) is 94.9 cm³/mol. The van der Waals surface area contributed by atoms with Crippen molar-refractivity contribution in [2.75, 3.05) is 6.61 Å². The van der Waals surface area contributed by atoms with Crippen LogP contribution >= 0.6 is 0 Å². The van der Waals surface area contributed by atoms with E-state index in [2.05, 4.69) is 10.5 Å². The molecule has 0 aliphatic carbocycles. The first-order chi connectivity index (χ1) is 12.4. The van der Waals surface area contributed by atoms with Gasteiger partial charge in [0.1, 0.15) is 18.1 Å². The van der Waals surface area contributed by atoms with Crippen LogP contribution in [0.15, 0.2) is 28.8 Å². The zero-order chi connectivity index (χ0) is 19.1. The lowest BCUT2D eigenvalue weighted by Gasteiger charge is -2.12. The zero-order valence-electron chi connectivity index (χ0n) is 15.5. The smallest absolute Gasteiger partial charge is 0.338 e. The van der Waals surface area contributed by atoms with Gasteiger partial charge in [-0.3, -0.25) is 4.79 Å². The molecule has 0 bridgehead atoms. The molecule has 2 rings (SSSR count). The lowest BCUT2D eigenvalue weighted by molar-refractivity contribution is -0.124. The molecule has 0 saturated carbocycles. The summed E-state index contributed by atoms with van der Waals surface area (Å²) in [5, 5.41) is 6.61. The van der Waals surface area contributed by atoms with E-state index in [1.807, 2.05) is 27.7 Å². The van der Waals surface area contributed by atoms with Gasteiger partial charge in [-0.25, -0.2) is 4.79 Å². The van der Waals surface area contributed by atoms with Gasteiger partial charge in [0.15, 0.2) is 6.61 Å². The fourth-order valence-corrected chi connectivity index (χ4v) is 2.21. The molecule has 0 aliphatic rings. The molecule has 1 aromatic carbocycles. The third-order valence-electron chi connectivity index (χ3n) is 3.99. The molecule has 140 valence electrons. The van der Waals surface area contributed by atoms with Gasteiger partial charge >= 0.3 is 5.97 Å². The average molecular weight is 360 g/mol. The summed E-state index contributed by atoms with van der Waals surface area (Å²) in [6.45, 7) is 7.49. The number of benzene rings is 1. The molecule has 7 nitrogen and oxygen atoms in total. The van der Waals surface area contributed by atoms with Crippen LogP contribution in [0.25, 0.3) is 0 Å². The summed E-state index contributed by atoms with van der Waals surface area (Å²) in [6.07, 6.45) is 0.810. The van der Waals surface area contributed by atoms with Crippen LogP contribution in [0.1, 0.15) is 47.6 Å². The van der Waals surface area contributed by atoms with Crippen molar-refractivity contribution in [1.82, 2.24) is 10.5 Å². The van der Waals surface area contributed by atoms with Gasteiger partial charge in [0, 0.05) is 6.04 Å². The van der Waals surface area contributed by atoms with Gasteiger partial charge < -0.3 is 19.3 Å². The van der Waals surface area contributed by atoms with Crippen LogP contribution < -0.4 is 10.1 Å². The summed E-state index contributed by atoms with van der Waals surface area (Å²) < 4.78 is 15.8. The second kappa shape index (κ2) is 9.03. The third-order valence-corrected chi connectivity index (χ3v) is 3.99. The number of hydrogen-bond acceptors (Lipinski definition) is 6. The van der Waals surface area contributed by atoms with Gasteiger partial charge in [0.05, 0.1) is 16.8 Å². The Hall–Kier alpha value is -2.83. The molecule has 0 radical (unpaired) electrons. The van der Waals surface area contributed by atoms with E-state index in [9.17, 15) is 9.59 Å². The highest BCUT2D eigenvalue weighted by Gasteiger charge is 2.13. The van der Waals surface area contributed by atoms with E-state index in [1.54, 1.807) is 24.3 Å². The minimum absolute atomic E-state index is 0.0438. The van der Waals surface area contributed by atoms with Gasteiger partial charge in [-0.05, 0) is 45.4 Å². The van der Waals surface area contributed by atoms with Crippen molar-refractivity contribution in [3.05, 3.63) is 46.8 Å².